The molecule has 196 valence electrons. The summed E-state index contributed by atoms with van der Waals surface area (Å²) in [5.74, 6) is 2.50. The number of ether oxygens (including phenoxy) is 1. The summed E-state index contributed by atoms with van der Waals surface area (Å²) in [6, 6.07) is 0. The van der Waals surface area contributed by atoms with Crippen molar-refractivity contribution in [2.75, 3.05) is 0 Å². The molecule has 0 amide bonds. The van der Waals surface area contributed by atoms with E-state index in [-0.39, 0.29) is 30.3 Å². The number of aliphatic carboxylic acids is 1. The van der Waals surface area contributed by atoms with Crippen molar-refractivity contribution in [1.82, 2.24) is 0 Å². The Morgan fingerprint density at radius 2 is 1.77 bits per heavy atom. The standard InChI is InChI=1S/C31H48O4/c1-20(2)7-6-8-21(3)25-11-12-26-24-10-9-22-19-23(35-29(34)14-13-28(32)33)15-17-30(22,4)27(24)16-18-31(25,26)5/h9-10,20-21,23,25-27H,6-8,11-19H2,1-5H3,(H,32,33)/t21-,23+,25-,26+,27+,30+,31-/m1/s1. The van der Waals surface area contributed by atoms with Gasteiger partial charge in [-0.15, -0.1) is 0 Å². The monoisotopic (exact) mass is 484 g/mol. The highest BCUT2D eigenvalue weighted by Gasteiger charge is 2.57. The van der Waals surface area contributed by atoms with Gasteiger partial charge in [0.2, 0.25) is 0 Å². The van der Waals surface area contributed by atoms with Gasteiger partial charge in [0.15, 0.2) is 0 Å². The van der Waals surface area contributed by atoms with Crippen LogP contribution >= 0.6 is 0 Å². The van der Waals surface area contributed by atoms with Gasteiger partial charge in [-0.25, -0.2) is 0 Å². The van der Waals surface area contributed by atoms with E-state index in [1.165, 1.54) is 50.5 Å². The molecular weight excluding hydrogens is 436 g/mol. The molecule has 35 heavy (non-hydrogen) atoms. The quantitative estimate of drug-likeness (QED) is 0.340. The molecule has 4 nitrogen and oxygen atoms in total. The average molecular weight is 485 g/mol. The number of carbonyl (C=O) groups excluding carboxylic acids is 1. The Morgan fingerprint density at radius 3 is 2.49 bits per heavy atom. The van der Waals surface area contributed by atoms with Gasteiger partial charge in [-0.1, -0.05) is 77.2 Å². The molecule has 0 spiro atoms. The van der Waals surface area contributed by atoms with Crippen LogP contribution in [0.25, 0.3) is 0 Å². The van der Waals surface area contributed by atoms with E-state index in [1.54, 1.807) is 5.57 Å². The summed E-state index contributed by atoms with van der Waals surface area (Å²) >= 11 is 0. The molecule has 3 fully saturated rings. The molecule has 0 saturated heterocycles. The first-order valence-electron chi connectivity index (χ1n) is 14.4. The van der Waals surface area contributed by atoms with Crippen LogP contribution < -0.4 is 0 Å². The van der Waals surface area contributed by atoms with Crippen molar-refractivity contribution in [3.63, 3.8) is 0 Å². The lowest BCUT2D eigenvalue weighted by atomic mass is 9.50. The van der Waals surface area contributed by atoms with Crippen LogP contribution in [-0.2, 0) is 14.3 Å². The second kappa shape index (κ2) is 10.4. The Morgan fingerprint density at radius 1 is 1.00 bits per heavy atom. The van der Waals surface area contributed by atoms with E-state index >= 15 is 0 Å². The zero-order valence-corrected chi connectivity index (χ0v) is 22.8. The van der Waals surface area contributed by atoms with Crippen molar-refractivity contribution < 1.29 is 19.4 Å². The van der Waals surface area contributed by atoms with Crippen LogP contribution in [0, 0.1) is 40.4 Å². The smallest absolute Gasteiger partial charge is 0.306 e. The highest BCUT2D eigenvalue weighted by atomic mass is 16.5. The minimum absolute atomic E-state index is 0.0356. The number of allylic oxidation sites excluding steroid dienone is 3. The fourth-order valence-electron chi connectivity index (χ4n) is 8.55. The molecule has 0 unspecified atom stereocenters. The second-order valence-corrected chi connectivity index (χ2v) is 13.2. The molecule has 0 aromatic heterocycles. The van der Waals surface area contributed by atoms with Crippen molar-refractivity contribution in [3.8, 4) is 0 Å². The zero-order valence-electron chi connectivity index (χ0n) is 22.8. The third-order valence-corrected chi connectivity index (χ3v) is 10.6. The molecule has 4 rings (SSSR count). The van der Waals surface area contributed by atoms with E-state index in [2.05, 4.69) is 46.8 Å². The molecule has 0 aliphatic heterocycles. The first-order chi connectivity index (χ1) is 16.5. The molecule has 1 N–H and O–H groups in total. The van der Waals surface area contributed by atoms with Gasteiger partial charge in [-0.2, -0.15) is 0 Å². The Hall–Kier alpha value is -1.58. The van der Waals surface area contributed by atoms with Crippen molar-refractivity contribution >= 4 is 11.9 Å². The molecule has 3 saturated carbocycles. The van der Waals surface area contributed by atoms with Crippen molar-refractivity contribution in [2.45, 2.75) is 118 Å². The molecule has 4 heteroatoms. The number of rotatable bonds is 9. The predicted molar refractivity (Wildman–Crippen MR) is 140 cm³/mol. The van der Waals surface area contributed by atoms with Gasteiger partial charge in [0.1, 0.15) is 6.10 Å². The molecule has 0 aromatic carbocycles. The van der Waals surface area contributed by atoms with E-state index in [1.807, 2.05) is 0 Å². The fourth-order valence-corrected chi connectivity index (χ4v) is 8.55. The van der Waals surface area contributed by atoms with E-state index in [4.69, 9.17) is 9.84 Å². The lowest BCUT2D eigenvalue weighted by Gasteiger charge is -2.55. The van der Waals surface area contributed by atoms with Crippen LogP contribution in [0.5, 0.6) is 0 Å². The molecule has 4 aliphatic carbocycles. The number of carbonyl (C=O) groups is 2. The van der Waals surface area contributed by atoms with Crippen molar-refractivity contribution in [3.05, 3.63) is 23.3 Å². The SMILES string of the molecule is CC(C)CCC[C@@H](C)[C@H]1CC[C@H]2C3=CC=C4C[C@@H](OC(=O)CCC(=O)O)CC[C@]4(C)[C@H]3CC[C@]12C. The number of hydrogen-bond donors (Lipinski definition) is 1. The third-order valence-electron chi connectivity index (χ3n) is 10.6. The zero-order chi connectivity index (χ0) is 25.4. The summed E-state index contributed by atoms with van der Waals surface area (Å²) < 4.78 is 5.68. The van der Waals surface area contributed by atoms with Crippen LogP contribution in [0.15, 0.2) is 23.3 Å². The molecule has 7 atom stereocenters. The summed E-state index contributed by atoms with van der Waals surface area (Å²) in [6.45, 7) is 12.3. The van der Waals surface area contributed by atoms with Gasteiger partial charge in [-0.3, -0.25) is 9.59 Å². The number of hydrogen-bond acceptors (Lipinski definition) is 3. The minimum atomic E-state index is -0.950. The van der Waals surface area contributed by atoms with Crippen molar-refractivity contribution in [2.24, 2.45) is 40.4 Å². The number of esters is 1. The maximum atomic E-state index is 12.1. The largest absolute Gasteiger partial charge is 0.481 e. The Bertz CT molecular complexity index is 869. The Labute approximate surface area is 213 Å². The van der Waals surface area contributed by atoms with Gasteiger partial charge < -0.3 is 9.84 Å². The van der Waals surface area contributed by atoms with Crippen molar-refractivity contribution in [1.29, 1.82) is 0 Å². The maximum absolute atomic E-state index is 12.1. The first-order valence-corrected chi connectivity index (χ1v) is 14.4. The van der Waals surface area contributed by atoms with Crippen LogP contribution in [-0.4, -0.2) is 23.1 Å². The third kappa shape index (κ3) is 5.27. The lowest BCUT2D eigenvalue weighted by molar-refractivity contribution is -0.153. The van der Waals surface area contributed by atoms with Gasteiger partial charge >= 0.3 is 11.9 Å². The number of carboxylic acids is 1. The van der Waals surface area contributed by atoms with Gasteiger partial charge in [0, 0.05) is 6.42 Å². The predicted octanol–water partition coefficient (Wildman–Crippen LogP) is 7.72. The van der Waals surface area contributed by atoms with Gasteiger partial charge in [0.05, 0.1) is 12.8 Å². The van der Waals surface area contributed by atoms with Gasteiger partial charge in [-0.05, 0) is 78.9 Å². The van der Waals surface area contributed by atoms with Gasteiger partial charge in [0.25, 0.3) is 0 Å². The highest BCUT2D eigenvalue weighted by molar-refractivity contribution is 5.76. The fraction of sp³-hybridized carbons (Fsp3) is 0.806. The first kappa shape index (κ1) is 26.5. The van der Waals surface area contributed by atoms with Crippen LogP contribution in [0.2, 0.25) is 0 Å². The molecular formula is C31H48O4. The summed E-state index contributed by atoms with van der Waals surface area (Å²) in [6.07, 6.45) is 16.7. The van der Waals surface area contributed by atoms with E-state index < -0.39 is 5.97 Å². The summed E-state index contributed by atoms with van der Waals surface area (Å²) in [5, 5.41) is 8.83. The molecule has 0 heterocycles. The average Bonchev–Trinajstić information content (AvgIpc) is 3.15. The lowest BCUT2D eigenvalue weighted by Crippen LogP contribution is -2.46. The van der Waals surface area contributed by atoms with Crippen LogP contribution in [0.1, 0.15) is 112 Å². The number of carboxylic acid groups (broad SMARTS) is 1. The maximum Gasteiger partial charge on any atom is 0.306 e. The highest BCUT2D eigenvalue weighted by Crippen LogP contribution is 2.66. The van der Waals surface area contributed by atoms with E-state index in [9.17, 15) is 9.59 Å². The Balaban J connectivity index is 1.44. The normalized spacial score (nSPS) is 37.0. The minimum Gasteiger partial charge on any atom is -0.481 e. The Kier molecular flexibility index (Phi) is 7.88. The molecule has 0 aromatic rings. The molecule has 0 radical (unpaired) electrons. The van der Waals surface area contributed by atoms with E-state index in [0.29, 0.717) is 11.3 Å². The summed E-state index contributed by atoms with van der Waals surface area (Å²) in [4.78, 5) is 22.9. The summed E-state index contributed by atoms with van der Waals surface area (Å²) in [7, 11) is 0. The van der Waals surface area contributed by atoms with Crippen LogP contribution in [0.3, 0.4) is 0 Å². The number of fused-ring (bicyclic) bond motifs is 5. The topological polar surface area (TPSA) is 63.6 Å². The molecule has 4 aliphatic rings. The van der Waals surface area contributed by atoms with Crippen LogP contribution in [0.4, 0.5) is 0 Å². The van der Waals surface area contributed by atoms with E-state index in [0.717, 1.165) is 42.9 Å². The second-order valence-electron chi connectivity index (χ2n) is 13.2. The summed E-state index contributed by atoms with van der Waals surface area (Å²) in [5.41, 5.74) is 3.78. The molecule has 0 bridgehead atoms.